The van der Waals surface area contributed by atoms with E-state index in [0.717, 1.165) is 99.5 Å². The summed E-state index contributed by atoms with van der Waals surface area (Å²) in [4.78, 5) is 89.7. The molecule has 1 aliphatic carbocycles. The lowest BCUT2D eigenvalue weighted by Crippen LogP contribution is -2.57. The van der Waals surface area contributed by atoms with E-state index in [2.05, 4.69) is 47.6 Å². The number of β-amino-alcohol motifs (C(OH)–C–C–N with tert-alkyl or cyclic N) is 1. The number of hydrogen-bond acceptors (Lipinski definition) is 16. The predicted molar refractivity (Wildman–Crippen MR) is 346 cm³/mol. The fraction of sp³-hybridized carbons (Fsp3) is 0.441. The van der Waals surface area contributed by atoms with Crippen LogP contribution in [0.5, 0.6) is 5.75 Å². The van der Waals surface area contributed by atoms with E-state index in [-0.39, 0.29) is 72.5 Å². The number of thiazole rings is 3. The van der Waals surface area contributed by atoms with Gasteiger partial charge in [0.15, 0.2) is 27.5 Å². The third-order valence-corrected chi connectivity index (χ3v) is 21.0. The normalized spacial score (nSPS) is 18.0. The van der Waals surface area contributed by atoms with Gasteiger partial charge in [-0.15, -0.1) is 22.7 Å². The zero-order valence-corrected chi connectivity index (χ0v) is 53.4. The van der Waals surface area contributed by atoms with Gasteiger partial charge in [-0.2, -0.15) is 0 Å². The van der Waals surface area contributed by atoms with E-state index in [9.17, 15) is 29.1 Å². The van der Waals surface area contributed by atoms with Gasteiger partial charge >= 0.3 is 5.97 Å². The molecule has 1 spiro atoms. The summed E-state index contributed by atoms with van der Waals surface area (Å²) >= 11 is 4.42. The van der Waals surface area contributed by atoms with Crippen LogP contribution in [0.2, 0.25) is 0 Å². The third-order valence-electron chi connectivity index (χ3n) is 17.9. The standard InChI is InChI=1S/C68H76FN9O8S3/c1-42-59(87-41-71-42)47-20-17-45(18-21-47)38-70-62(82)53-37-48(79)39-78(53)63(83)60(67(2,3)4)73-57(80)36-44-23-26-68(27-24-44)28-32-76(33-29-68)30-9-11-43-19-22-54(51(69)35-43)86-34-10-16-56-58(64(84)85-5)74-66(89-56)77-31-25-46-12-8-13-49(50(46)40-77)61(81)75-65-72-52-14-6-7-15-55(52)88-65/h6-8,12-15,17-22,35,41,44,48,53,60,79H,10,16,23-34,36-40H2,1-5H3,(H,70,82)(H,73,80)(H,72,75,81)/t48-,53+,60-/m1/s1. The van der Waals surface area contributed by atoms with Gasteiger partial charge in [-0.1, -0.05) is 92.5 Å². The van der Waals surface area contributed by atoms with Crippen molar-refractivity contribution in [1.29, 1.82) is 0 Å². The second-order valence-corrected chi connectivity index (χ2v) is 28.0. The van der Waals surface area contributed by atoms with E-state index < -0.39 is 35.4 Å². The van der Waals surface area contributed by atoms with Crippen LogP contribution in [0, 0.1) is 41.3 Å². The van der Waals surface area contributed by atoms with E-state index in [1.54, 1.807) is 23.5 Å². The number of nitrogens with zero attached hydrogens (tertiary/aromatic N) is 6. The molecule has 7 aromatic rings. The molecular weight excluding hydrogens is 1190 g/mol. The topological polar surface area (TPSA) is 209 Å². The SMILES string of the molecule is COC(=O)c1nc(N2CCc3cccc(C(=O)Nc4nc5ccccc5s4)c3C2)sc1CCCOc1ccc(C#CCN2CCC3(CCC(CC(=O)N[C@H](C(=O)N4C[C@H](O)C[C@H]4C(=O)NCc4ccc(-c5scnc5C)cc4)C(C)(C)C)CC3)CC2)cc1F. The van der Waals surface area contributed by atoms with Crippen LogP contribution < -0.4 is 25.6 Å². The van der Waals surface area contributed by atoms with E-state index in [4.69, 9.17) is 14.5 Å². The summed E-state index contributed by atoms with van der Waals surface area (Å²) in [5.41, 5.74) is 8.50. The number of halogens is 1. The number of carbonyl (C=O) groups is 5. The maximum Gasteiger partial charge on any atom is 0.357 e. The number of fused-ring (bicyclic) bond motifs is 2. The molecule has 11 rings (SSSR count). The monoisotopic (exact) mass is 1260 g/mol. The first kappa shape index (κ1) is 63.0. The zero-order valence-electron chi connectivity index (χ0n) is 51.0. The number of hydrogen-bond donors (Lipinski definition) is 4. The number of piperidine rings is 1. The van der Waals surface area contributed by atoms with Gasteiger partial charge in [-0.3, -0.25) is 29.4 Å². The first-order chi connectivity index (χ1) is 42.9. The van der Waals surface area contributed by atoms with Crippen LogP contribution in [0.4, 0.5) is 14.7 Å². The van der Waals surface area contributed by atoms with Gasteiger partial charge in [0, 0.05) is 55.0 Å². The molecule has 89 heavy (non-hydrogen) atoms. The van der Waals surface area contributed by atoms with Gasteiger partial charge < -0.3 is 35.0 Å². The number of anilines is 2. The van der Waals surface area contributed by atoms with Gasteiger partial charge in [0.2, 0.25) is 17.7 Å². The van der Waals surface area contributed by atoms with Crippen LogP contribution in [0.25, 0.3) is 20.7 Å². The first-order valence-corrected chi connectivity index (χ1v) is 33.2. The van der Waals surface area contributed by atoms with Crippen molar-refractivity contribution < 1.29 is 42.9 Å². The number of benzene rings is 4. The molecule has 2 saturated heterocycles. The lowest BCUT2D eigenvalue weighted by molar-refractivity contribution is -0.144. The second kappa shape index (κ2) is 27.6. The fourth-order valence-electron chi connectivity index (χ4n) is 12.8. The van der Waals surface area contributed by atoms with Gasteiger partial charge in [-0.25, -0.2) is 24.1 Å². The van der Waals surface area contributed by atoms with Crippen LogP contribution >= 0.6 is 34.0 Å². The Labute approximate surface area is 530 Å². The summed E-state index contributed by atoms with van der Waals surface area (Å²) < 4.78 is 27.4. The molecule has 4 aliphatic rings. The van der Waals surface area contributed by atoms with Crippen LogP contribution in [-0.2, 0) is 45.1 Å². The van der Waals surface area contributed by atoms with Crippen LogP contribution in [0.3, 0.4) is 0 Å². The summed E-state index contributed by atoms with van der Waals surface area (Å²) in [6.45, 7) is 11.7. The average Bonchev–Trinajstić information content (AvgIpc) is 2.98. The van der Waals surface area contributed by atoms with E-state index in [0.29, 0.717) is 66.7 Å². The Kier molecular flexibility index (Phi) is 19.6. The molecule has 4 amide bonds. The summed E-state index contributed by atoms with van der Waals surface area (Å²) in [5.74, 6) is 4.56. The maximum atomic E-state index is 15.4. The number of aliphatic hydroxyl groups excluding tert-OH is 1. The number of carbonyl (C=O) groups excluding carboxylic acids is 5. The number of methoxy groups -OCH3 is 1. The quantitative estimate of drug-likeness (QED) is 0.0359. The minimum absolute atomic E-state index is 0.0181. The van der Waals surface area contributed by atoms with Crippen molar-refractivity contribution in [2.75, 3.05) is 56.7 Å². The molecule has 1 saturated carbocycles. The van der Waals surface area contributed by atoms with Crippen molar-refractivity contribution >= 4 is 84.1 Å². The number of nitrogens with one attached hydrogen (secondary N) is 3. The highest BCUT2D eigenvalue weighted by atomic mass is 32.1. The molecule has 3 fully saturated rings. The number of aryl methyl sites for hydroxylation is 2. The molecule has 3 aromatic heterocycles. The number of para-hydroxylation sites is 1. The number of rotatable bonds is 18. The molecule has 4 aromatic carbocycles. The highest BCUT2D eigenvalue weighted by Gasteiger charge is 2.45. The van der Waals surface area contributed by atoms with Gasteiger partial charge in [-0.05, 0) is 153 Å². The van der Waals surface area contributed by atoms with Gasteiger partial charge in [0.1, 0.15) is 12.1 Å². The Morgan fingerprint density at radius 3 is 2.45 bits per heavy atom. The maximum absolute atomic E-state index is 15.4. The Bertz CT molecular complexity index is 3760. The van der Waals surface area contributed by atoms with Crippen molar-refractivity contribution in [2.45, 2.75) is 130 Å². The van der Waals surface area contributed by atoms with E-state index in [1.807, 2.05) is 99.9 Å². The predicted octanol–water partition coefficient (Wildman–Crippen LogP) is 10.8. The molecule has 4 N–H and O–H groups in total. The molecule has 17 nitrogen and oxygen atoms in total. The fourth-order valence-corrected chi connectivity index (χ4v) is 15.5. The third kappa shape index (κ3) is 15.0. The van der Waals surface area contributed by atoms with Gasteiger partial charge in [0.25, 0.3) is 5.91 Å². The minimum atomic E-state index is -0.878. The molecule has 0 unspecified atom stereocenters. The highest BCUT2D eigenvalue weighted by molar-refractivity contribution is 7.22. The Morgan fingerprint density at radius 2 is 1.72 bits per heavy atom. The van der Waals surface area contributed by atoms with Crippen molar-refractivity contribution in [3.8, 4) is 28.0 Å². The number of aliphatic hydroxyl groups is 1. The molecule has 21 heteroatoms. The molecule has 6 heterocycles. The minimum Gasteiger partial charge on any atom is -0.491 e. The summed E-state index contributed by atoms with van der Waals surface area (Å²) in [6.07, 6.45) is 7.25. The molecule has 466 valence electrons. The molecular formula is C68H76FN9O8S3. The summed E-state index contributed by atoms with van der Waals surface area (Å²) in [7, 11) is 1.33. The van der Waals surface area contributed by atoms with Crippen LogP contribution in [0.1, 0.15) is 132 Å². The Hall–Kier alpha value is -7.61. The number of amides is 4. The van der Waals surface area contributed by atoms with Gasteiger partial charge in [0.05, 0.1) is 52.7 Å². The Balaban J connectivity index is 0.603. The van der Waals surface area contributed by atoms with Crippen LogP contribution in [0.15, 0.2) is 90.4 Å². The number of ether oxygens (including phenoxy) is 2. The van der Waals surface area contributed by atoms with E-state index >= 15 is 4.39 Å². The highest BCUT2D eigenvalue weighted by Crippen LogP contribution is 2.47. The smallest absolute Gasteiger partial charge is 0.357 e. The summed E-state index contributed by atoms with van der Waals surface area (Å²) in [5, 5.41) is 21.0. The number of likely N-dealkylation sites (tertiary alicyclic amines) is 2. The number of esters is 1. The van der Waals surface area contributed by atoms with Crippen molar-refractivity contribution in [3.63, 3.8) is 0 Å². The average molecular weight is 1260 g/mol. The largest absolute Gasteiger partial charge is 0.491 e. The van der Waals surface area contributed by atoms with Crippen molar-refractivity contribution in [2.24, 2.45) is 16.7 Å². The molecule has 0 radical (unpaired) electrons. The lowest BCUT2D eigenvalue weighted by Gasteiger charge is -2.45. The van der Waals surface area contributed by atoms with Crippen molar-refractivity contribution in [1.82, 2.24) is 35.4 Å². The second-order valence-electron chi connectivity index (χ2n) is 25.1. The Morgan fingerprint density at radius 1 is 0.933 bits per heavy atom. The number of aromatic nitrogens is 3. The van der Waals surface area contributed by atoms with Crippen molar-refractivity contribution in [3.05, 3.63) is 140 Å². The summed E-state index contributed by atoms with van der Waals surface area (Å²) in [6, 6.07) is 24.5. The molecule has 3 aliphatic heterocycles. The molecule has 3 atom stereocenters. The first-order valence-electron chi connectivity index (χ1n) is 30.7. The lowest BCUT2D eigenvalue weighted by atomic mass is 9.65. The zero-order chi connectivity index (χ0) is 62.4. The van der Waals surface area contributed by atoms with Crippen LogP contribution in [-0.4, -0.2) is 124 Å². The van der Waals surface area contributed by atoms with E-state index in [1.165, 1.54) is 40.7 Å². The molecule has 0 bridgehead atoms.